The third-order valence-corrected chi connectivity index (χ3v) is 5.20. The largest absolute Gasteiger partial charge is 0.481 e. The van der Waals surface area contributed by atoms with Crippen molar-refractivity contribution in [3.63, 3.8) is 0 Å². The van der Waals surface area contributed by atoms with E-state index in [2.05, 4.69) is 21.2 Å². The van der Waals surface area contributed by atoms with Crippen molar-refractivity contribution >= 4 is 39.1 Å². The molecule has 1 unspecified atom stereocenters. The normalized spacial score (nSPS) is 20.3. The van der Waals surface area contributed by atoms with Crippen molar-refractivity contribution in [3.05, 3.63) is 20.3 Å². The molecule has 0 aliphatic carbocycles. The first kappa shape index (κ1) is 14.5. The van der Waals surface area contributed by atoms with Crippen LogP contribution < -0.4 is 5.32 Å². The molecule has 1 aliphatic heterocycles. The summed E-state index contributed by atoms with van der Waals surface area (Å²) in [6.07, 6.45) is -0.155. The van der Waals surface area contributed by atoms with Crippen LogP contribution in [0.15, 0.2) is 10.5 Å². The van der Waals surface area contributed by atoms with E-state index in [9.17, 15) is 9.59 Å². The number of nitrogens with one attached hydrogen (secondary N) is 1. The fourth-order valence-corrected chi connectivity index (χ4v) is 3.76. The van der Waals surface area contributed by atoms with E-state index in [0.29, 0.717) is 19.6 Å². The molecule has 2 heterocycles. The van der Waals surface area contributed by atoms with E-state index >= 15 is 0 Å². The number of carbonyl (C=O) groups excluding carboxylic acids is 1. The minimum atomic E-state index is -0.949. The van der Waals surface area contributed by atoms with Gasteiger partial charge in [-0.15, -0.1) is 11.3 Å². The maximum absolute atomic E-state index is 11.8. The molecule has 104 valence electrons. The molecule has 19 heavy (non-hydrogen) atoms. The van der Waals surface area contributed by atoms with Crippen LogP contribution in [0.3, 0.4) is 0 Å². The second kappa shape index (κ2) is 6.02. The van der Waals surface area contributed by atoms with Crippen LogP contribution in [0.2, 0.25) is 0 Å². The zero-order chi connectivity index (χ0) is 14.0. The standard InChI is InChI=1S/C12H15BrN2O3S/c1-7-9(13)4-8(19-7)6-15-3-2-14-12(18)10(15)5-11(16)17/h4,10H,2-3,5-6H2,1H3,(H,14,18)(H,16,17). The van der Waals surface area contributed by atoms with Gasteiger partial charge in [-0.25, -0.2) is 0 Å². The van der Waals surface area contributed by atoms with Gasteiger partial charge in [0, 0.05) is 33.9 Å². The summed E-state index contributed by atoms with van der Waals surface area (Å²) in [5.74, 6) is -1.14. The lowest BCUT2D eigenvalue weighted by molar-refractivity contribution is -0.143. The average Bonchev–Trinajstić information content (AvgIpc) is 2.62. The number of hydrogen-bond donors (Lipinski definition) is 2. The molecule has 2 rings (SSSR count). The highest BCUT2D eigenvalue weighted by molar-refractivity contribution is 9.10. The van der Waals surface area contributed by atoms with Crippen LogP contribution in [-0.4, -0.2) is 41.0 Å². The van der Waals surface area contributed by atoms with Crippen LogP contribution in [0.4, 0.5) is 0 Å². The number of amides is 1. The Balaban J connectivity index is 2.11. The Morgan fingerprint density at radius 2 is 2.42 bits per heavy atom. The first-order valence-corrected chi connectivity index (χ1v) is 7.56. The van der Waals surface area contributed by atoms with Gasteiger partial charge in [0.25, 0.3) is 0 Å². The van der Waals surface area contributed by atoms with Crippen molar-refractivity contribution in [3.8, 4) is 0 Å². The first-order chi connectivity index (χ1) is 8.97. The number of aryl methyl sites for hydroxylation is 1. The number of carboxylic acid groups (broad SMARTS) is 1. The van der Waals surface area contributed by atoms with E-state index in [0.717, 1.165) is 9.35 Å². The maximum Gasteiger partial charge on any atom is 0.305 e. The van der Waals surface area contributed by atoms with Gasteiger partial charge in [0.05, 0.1) is 6.42 Å². The Hall–Kier alpha value is -0.920. The van der Waals surface area contributed by atoms with Gasteiger partial charge in [0.15, 0.2) is 0 Å². The maximum atomic E-state index is 11.8. The molecule has 1 aromatic rings. The minimum absolute atomic E-state index is 0.155. The molecule has 1 aromatic heterocycles. The van der Waals surface area contributed by atoms with Gasteiger partial charge in [0.1, 0.15) is 6.04 Å². The molecule has 0 saturated carbocycles. The van der Waals surface area contributed by atoms with E-state index in [1.54, 1.807) is 11.3 Å². The predicted octanol–water partition coefficient (Wildman–Crippen LogP) is 1.59. The Morgan fingerprint density at radius 3 is 3.00 bits per heavy atom. The summed E-state index contributed by atoms with van der Waals surface area (Å²) in [6.45, 7) is 3.89. The summed E-state index contributed by atoms with van der Waals surface area (Å²) >= 11 is 5.13. The number of thiophene rings is 1. The van der Waals surface area contributed by atoms with Crippen molar-refractivity contribution in [2.24, 2.45) is 0 Å². The number of halogens is 1. The van der Waals surface area contributed by atoms with Crippen LogP contribution in [0, 0.1) is 6.92 Å². The number of carboxylic acids is 1. The van der Waals surface area contributed by atoms with Crippen molar-refractivity contribution in [2.75, 3.05) is 13.1 Å². The summed E-state index contributed by atoms with van der Waals surface area (Å²) in [5, 5.41) is 11.6. The molecule has 0 radical (unpaired) electrons. The van der Waals surface area contributed by atoms with Gasteiger partial charge in [-0.2, -0.15) is 0 Å². The Bertz CT molecular complexity index is 484. The van der Waals surface area contributed by atoms with E-state index in [-0.39, 0.29) is 12.3 Å². The summed E-state index contributed by atoms with van der Waals surface area (Å²) in [4.78, 5) is 26.9. The first-order valence-electron chi connectivity index (χ1n) is 5.95. The fourth-order valence-electron chi connectivity index (χ4n) is 2.13. The number of hydrogen-bond acceptors (Lipinski definition) is 4. The zero-order valence-corrected chi connectivity index (χ0v) is 12.9. The van der Waals surface area contributed by atoms with E-state index < -0.39 is 12.0 Å². The van der Waals surface area contributed by atoms with Gasteiger partial charge < -0.3 is 10.4 Å². The molecule has 7 heteroatoms. The second-order valence-corrected chi connectivity index (χ2v) is 6.69. The molecule has 2 N–H and O–H groups in total. The molecule has 1 saturated heterocycles. The molecular weight excluding hydrogens is 332 g/mol. The Labute approximate surface area is 123 Å². The Kier molecular flexibility index (Phi) is 4.59. The number of nitrogens with zero attached hydrogens (tertiary/aromatic N) is 1. The van der Waals surface area contributed by atoms with Crippen molar-refractivity contribution in [1.29, 1.82) is 0 Å². The smallest absolute Gasteiger partial charge is 0.305 e. The monoisotopic (exact) mass is 346 g/mol. The predicted molar refractivity (Wildman–Crippen MR) is 76.2 cm³/mol. The third-order valence-electron chi connectivity index (χ3n) is 3.08. The Morgan fingerprint density at radius 1 is 1.68 bits per heavy atom. The molecule has 1 amide bonds. The van der Waals surface area contributed by atoms with Crippen molar-refractivity contribution in [2.45, 2.75) is 25.9 Å². The van der Waals surface area contributed by atoms with Gasteiger partial charge >= 0.3 is 5.97 Å². The molecule has 0 bridgehead atoms. The minimum Gasteiger partial charge on any atom is -0.481 e. The van der Waals surface area contributed by atoms with Crippen molar-refractivity contribution < 1.29 is 14.7 Å². The lowest BCUT2D eigenvalue weighted by atomic mass is 10.1. The topological polar surface area (TPSA) is 69.6 Å². The summed E-state index contributed by atoms with van der Waals surface area (Å²) < 4.78 is 1.06. The quantitative estimate of drug-likeness (QED) is 0.868. The molecule has 1 fully saturated rings. The average molecular weight is 347 g/mol. The molecule has 5 nitrogen and oxygen atoms in total. The highest BCUT2D eigenvalue weighted by Gasteiger charge is 2.31. The van der Waals surface area contributed by atoms with E-state index in [1.807, 2.05) is 17.9 Å². The van der Waals surface area contributed by atoms with E-state index in [1.165, 1.54) is 4.88 Å². The van der Waals surface area contributed by atoms with Gasteiger partial charge in [-0.1, -0.05) is 0 Å². The number of aliphatic carboxylic acids is 1. The van der Waals surface area contributed by atoms with Gasteiger partial charge in [-0.3, -0.25) is 14.5 Å². The molecule has 1 atom stereocenters. The lowest BCUT2D eigenvalue weighted by Gasteiger charge is -2.33. The molecule has 0 aromatic carbocycles. The van der Waals surface area contributed by atoms with Crippen LogP contribution in [-0.2, 0) is 16.1 Å². The SMILES string of the molecule is Cc1sc(CN2CCNC(=O)C2CC(=O)O)cc1Br. The van der Waals surface area contributed by atoms with Gasteiger partial charge in [-0.05, 0) is 28.9 Å². The molecule has 1 aliphatic rings. The number of piperazine rings is 1. The second-order valence-electron chi connectivity index (χ2n) is 4.49. The van der Waals surface area contributed by atoms with Crippen LogP contribution in [0.5, 0.6) is 0 Å². The number of rotatable bonds is 4. The highest BCUT2D eigenvalue weighted by atomic mass is 79.9. The molecular formula is C12H15BrN2O3S. The zero-order valence-electron chi connectivity index (χ0n) is 10.5. The fraction of sp³-hybridized carbons (Fsp3) is 0.500. The molecule has 0 spiro atoms. The van der Waals surface area contributed by atoms with E-state index in [4.69, 9.17) is 5.11 Å². The van der Waals surface area contributed by atoms with Crippen LogP contribution in [0.1, 0.15) is 16.2 Å². The highest BCUT2D eigenvalue weighted by Crippen LogP contribution is 2.28. The summed E-state index contributed by atoms with van der Waals surface area (Å²) in [6, 6.07) is 1.46. The number of carbonyl (C=O) groups is 2. The third kappa shape index (κ3) is 3.55. The summed E-state index contributed by atoms with van der Waals surface area (Å²) in [5.41, 5.74) is 0. The summed E-state index contributed by atoms with van der Waals surface area (Å²) in [7, 11) is 0. The van der Waals surface area contributed by atoms with Crippen molar-refractivity contribution in [1.82, 2.24) is 10.2 Å². The van der Waals surface area contributed by atoms with Gasteiger partial charge in [0.2, 0.25) is 5.91 Å². The van der Waals surface area contributed by atoms with Crippen LogP contribution in [0.25, 0.3) is 0 Å². The lowest BCUT2D eigenvalue weighted by Crippen LogP contribution is -2.55. The van der Waals surface area contributed by atoms with Crippen LogP contribution >= 0.6 is 27.3 Å².